The Labute approximate surface area is 87.9 Å². The molecule has 3 nitrogen and oxygen atoms in total. The summed E-state index contributed by atoms with van der Waals surface area (Å²) in [7, 11) is 0. The van der Waals surface area contributed by atoms with Crippen molar-refractivity contribution in [3.05, 3.63) is 24.3 Å². The van der Waals surface area contributed by atoms with E-state index in [1.54, 1.807) is 6.07 Å². The van der Waals surface area contributed by atoms with Gasteiger partial charge in [0, 0.05) is 18.3 Å². The van der Waals surface area contributed by atoms with Crippen molar-refractivity contribution in [1.29, 1.82) is 0 Å². The minimum absolute atomic E-state index is 0. The molecular formula is C9H12ClFN2O. The van der Waals surface area contributed by atoms with Gasteiger partial charge in [-0.2, -0.15) is 4.39 Å². The van der Waals surface area contributed by atoms with Gasteiger partial charge in [-0.3, -0.25) is 0 Å². The van der Waals surface area contributed by atoms with Gasteiger partial charge in [-0.15, -0.1) is 12.4 Å². The van der Waals surface area contributed by atoms with Gasteiger partial charge >= 0.3 is 0 Å². The molecule has 1 aliphatic carbocycles. The number of hydrogen-bond donors (Lipinski definition) is 1. The topological polar surface area (TPSA) is 48.1 Å². The lowest BCUT2D eigenvalue weighted by molar-refractivity contribution is 0.100. The van der Waals surface area contributed by atoms with Crippen LogP contribution >= 0.6 is 12.4 Å². The van der Waals surface area contributed by atoms with Gasteiger partial charge < -0.3 is 10.5 Å². The van der Waals surface area contributed by atoms with Gasteiger partial charge in [0.25, 0.3) is 0 Å². The van der Waals surface area contributed by atoms with Crippen molar-refractivity contribution < 1.29 is 9.13 Å². The molecule has 0 unspecified atom stereocenters. The Hall–Kier alpha value is -0.870. The summed E-state index contributed by atoms with van der Waals surface area (Å²) in [6, 6.07) is 3.17. The number of nitrogens with two attached hydrogens (primary N) is 1. The Morgan fingerprint density at radius 2 is 2.21 bits per heavy atom. The predicted molar refractivity (Wildman–Crippen MR) is 53.1 cm³/mol. The summed E-state index contributed by atoms with van der Waals surface area (Å²) < 4.78 is 18.0. The zero-order valence-corrected chi connectivity index (χ0v) is 8.34. The molecule has 1 heterocycles. The van der Waals surface area contributed by atoms with E-state index in [0.29, 0.717) is 5.75 Å². The SMILES string of the molecule is Cl.NC1CC(Oc2ccnc(F)c2)C1. The van der Waals surface area contributed by atoms with E-state index in [1.165, 1.54) is 12.3 Å². The van der Waals surface area contributed by atoms with E-state index in [9.17, 15) is 4.39 Å². The van der Waals surface area contributed by atoms with Crippen molar-refractivity contribution in [2.45, 2.75) is 25.0 Å². The van der Waals surface area contributed by atoms with Gasteiger partial charge in [0.2, 0.25) is 5.95 Å². The van der Waals surface area contributed by atoms with Crippen LogP contribution in [0, 0.1) is 5.95 Å². The van der Waals surface area contributed by atoms with E-state index in [0.717, 1.165) is 12.8 Å². The lowest BCUT2D eigenvalue weighted by atomic mass is 9.90. The highest BCUT2D eigenvalue weighted by molar-refractivity contribution is 5.85. The quantitative estimate of drug-likeness (QED) is 0.766. The molecule has 2 N–H and O–H groups in total. The Balaban J connectivity index is 0.000000980. The summed E-state index contributed by atoms with van der Waals surface area (Å²) in [5.41, 5.74) is 5.59. The fourth-order valence-electron chi connectivity index (χ4n) is 1.35. The number of nitrogens with zero attached hydrogens (tertiary/aromatic N) is 1. The predicted octanol–water partition coefficient (Wildman–Crippen LogP) is 1.51. The molecule has 1 fully saturated rings. The summed E-state index contributed by atoms with van der Waals surface area (Å²) >= 11 is 0. The molecule has 14 heavy (non-hydrogen) atoms. The molecule has 1 aromatic heterocycles. The third-order valence-corrected chi connectivity index (χ3v) is 2.13. The fourth-order valence-corrected chi connectivity index (χ4v) is 1.35. The number of hydrogen-bond acceptors (Lipinski definition) is 3. The fraction of sp³-hybridized carbons (Fsp3) is 0.444. The van der Waals surface area contributed by atoms with Gasteiger partial charge in [0.05, 0.1) is 0 Å². The summed E-state index contributed by atoms with van der Waals surface area (Å²) in [6.07, 6.45) is 3.24. The zero-order chi connectivity index (χ0) is 9.26. The Bertz CT molecular complexity index is 305. The van der Waals surface area contributed by atoms with Crippen LogP contribution in [0.2, 0.25) is 0 Å². The molecule has 1 saturated carbocycles. The molecule has 0 radical (unpaired) electrons. The Kier molecular flexibility index (Phi) is 3.66. The number of rotatable bonds is 2. The van der Waals surface area contributed by atoms with E-state index in [4.69, 9.17) is 10.5 Å². The third kappa shape index (κ3) is 2.56. The molecule has 0 aliphatic heterocycles. The van der Waals surface area contributed by atoms with Crippen LogP contribution < -0.4 is 10.5 Å². The zero-order valence-electron chi connectivity index (χ0n) is 7.52. The lowest BCUT2D eigenvalue weighted by Crippen LogP contribution is -2.43. The first-order chi connectivity index (χ1) is 6.24. The van der Waals surface area contributed by atoms with Gasteiger partial charge in [0.1, 0.15) is 11.9 Å². The van der Waals surface area contributed by atoms with Crippen molar-refractivity contribution >= 4 is 12.4 Å². The minimum atomic E-state index is -0.513. The van der Waals surface area contributed by atoms with Crippen LogP contribution in [0.1, 0.15) is 12.8 Å². The highest BCUT2D eigenvalue weighted by atomic mass is 35.5. The van der Waals surface area contributed by atoms with E-state index in [2.05, 4.69) is 4.98 Å². The molecule has 0 aromatic carbocycles. The molecular weight excluding hydrogens is 207 g/mol. The molecule has 5 heteroatoms. The standard InChI is InChI=1S/C9H11FN2O.ClH/c10-9-5-7(1-2-12-9)13-8-3-6(11)4-8;/h1-2,5-6,8H,3-4,11H2;1H. The molecule has 0 atom stereocenters. The molecule has 0 bridgehead atoms. The number of pyridine rings is 1. The van der Waals surface area contributed by atoms with E-state index < -0.39 is 5.95 Å². The maximum Gasteiger partial charge on any atom is 0.216 e. The number of halogens is 2. The first-order valence-corrected chi connectivity index (χ1v) is 4.28. The highest BCUT2D eigenvalue weighted by Crippen LogP contribution is 2.24. The van der Waals surface area contributed by atoms with Crippen molar-refractivity contribution in [1.82, 2.24) is 4.98 Å². The van der Waals surface area contributed by atoms with Crippen LogP contribution in [0.5, 0.6) is 5.75 Å². The molecule has 78 valence electrons. The largest absolute Gasteiger partial charge is 0.490 e. The molecule has 2 rings (SSSR count). The summed E-state index contributed by atoms with van der Waals surface area (Å²) in [5, 5.41) is 0. The Morgan fingerprint density at radius 1 is 1.50 bits per heavy atom. The minimum Gasteiger partial charge on any atom is -0.490 e. The van der Waals surface area contributed by atoms with Crippen molar-refractivity contribution in [2.75, 3.05) is 0 Å². The third-order valence-electron chi connectivity index (χ3n) is 2.13. The first-order valence-electron chi connectivity index (χ1n) is 4.28. The van der Waals surface area contributed by atoms with E-state index in [-0.39, 0.29) is 24.6 Å². The molecule has 1 aromatic rings. The van der Waals surface area contributed by atoms with Crippen LogP contribution in [-0.2, 0) is 0 Å². The molecule has 0 saturated heterocycles. The molecule has 0 spiro atoms. The van der Waals surface area contributed by atoms with E-state index in [1.807, 2.05) is 0 Å². The maximum absolute atomic E-state index is 12.6. The number of aromatic nitrogens is 1. The lowest BCUT2D eigenvalue weighted by Gasteiger charge is -2.32. The summed E-state index contributed by atoms with van der Waals surface area (Å²) in [5.74, 6) is 0.0190. The Morgan fingerprint density at radius 3 is 2.79 bits per heavy atom. The van der Waals surface area contributed by atoms with Gasteiger partial charge in [-0.05, 0) is 18.9 Å². The van der Waals surface area contributed by atoms with Crippen molar-refractivity contribution in [2.24, 2.45) is 5.73 Å². The van der Waals surface area contributed by atoms with Crippen molar-refractivity contribution in [3.8, 4) is 5.75 Å². The van der Waals surface area contributed by atoms with Crippen LogP contribution in [0.4, 0.5) is 4.39 Å². The highest BCUT2D eigenvalue weighted by Gasteiger charge is 2.27. The van der Waals surface area contributed by atoms with Gasteiger partial charge in [-0.25, -0.2) is 4.98 Å². The summed E-state index contributed by atoms with van der Waals surface area (Å²) in [6.45, 7) is 0. The average Bonchev–Trinajstić information content (AvgIpc) is 2.01. The van der Waals surface area contributed by atoms with Crippen molar-refractivity contribution in [3.63, 3.8) is 0 Å². The molecule has 1 aliphatic rings. The first kappa shape index (κ1) is 11.2. The van der Waals surface area contributed by atoms with Gasteiger partial charge in [0.15, 0.2) is 0 Å². The maximum atomic E-state index is 12.6. The second kappa shape index (κ2) is 4.57. The van der Waals surface area contributed by atoms with Crippen LogP contribution in [0.3, 0.4) is 0 Å². The smallest absolute Gasteiger partial charge is 0.216 e. The van der Waals surface area contributed by atoms with Crippen LogP contribution in [-0.4, -0.2) is 17.1 Å². The normalized spacial score (nSPS) is 24.7. The second-order valence-corrected chi connectivity index (χ2v) is 3.29. The van der Waals surface area contributed by atoms with E-state index >= 15 is 0 Å². The van der Waals surface area contributed by atoms with Crippen LogP contribution in [0.15, 0.2) is 18.3 Å². The summed E-state index contributed by atoms with van der Waals surface area (Å²) in [4.78, 5) is 3.43. The second-order valence-electron chi connectivity index (χ2n) is 3.29. The number of ether oxygens (including phenoxy) is 1. The van der Waals surface area contributed by atoms with Crippen LogP contribution in [0.25, 0.3) is 0 Å². The molecule has 0 amide bonds. The average molecular weight is 219 g/mol. The monoisotopic (exact) mass is 218 g/mol. The van der Waals surface area contributed by atoms with Gasteiger partial charge in [-0.1, -0.05) is 0 Å².